The van der Waals surface area contributed by atoms with Crippen LogP contribution in [0.5, 0.6) is 11.5 Å². The Kier molecular flexibility index (Phi) is 6.53. The van der Waals surface area contributed by atoms with Gasteiger partial charge in [-0.25, -0.2) is 0 Å². The number of ether oxygens (including phenoxy) is 2. The van der Waals surface area contributed by atoms with E-state index in [-0.39, 0.29) is 17.7 Å². The Bertz CT molecular complexity index is 850. The number of rotatable bonds is 8. The summed E-state index contributed by atoms with van der Waals surface area (Å²) in [7, 11) is 3.20. The maximum absolute atomic E-state index is 12.2. The molecule has 0 fully saturated rings. The third kappa shape index (κ3) is 4.82. The molecule has 2 aromatic carbocycles. The van der Waals surface area contributed by atoms with Crippen molar-refractivity contribution in [2.24, 2.45) is 5.92 Å². The number of fused-ring (bicyclic) bond motifs is 1. The van der Waals surface area contributed by atoms with E-state index in [4.69, 9.17) is 9.47 Å². The van der Waals surface area contributed by atoms with Crippen LogP contribution in [0.3, 0.4) is 0 Å². The van der Waals surface area contributed by atoms with Crippen molar-refractivity contribution in [2.75, 3.05) is 26.1 Å². The third-order valence-electron chi connectivity index (χ3n) is 5.02. The topological polar surface area (TPSA) is 76.7 Å². The molecule has 28 heavy (non-hydrogen) atoms. The molecular weight excluding hydrogens is 356 g/mol. The van der Waals surface area contributed by atoms with Gasteiger partial charge in [0.15, 0.2) is 11.5 Å². The molecule has 2 aromatic rings. The van der Waals surface area contributed by atoms with Gasteiger partial charge in [-0.1, -0.05) is 24.3 Å². The lowest BCUT2D eigenvalue weighted by molar-refractivity contribution is -0.122. The zero-order valence-electron chi connectivity index (χ0n) is 16.3. The maximum Gasteiger partial charge on any atom is 0.227 e. The van der Waals surface area contributed by atoms with Crippen LogP contribution in [0.25, 0.3) is 0 Å². The Morgan fingerprint density at radius 1 is 1.14 bits per heavy atom. The number of amides is 2. The molecular formula is C22H26N2O4. The molecule has 0 aromatic heterocycles. The van der Waals surface area contributed by atoms with Crippen molar-refractivity contribution in [3.63, 3.8) is 0 Å². The van der Waals surface area contributed by atoms with Crippen molar-refractivity contribution in [2.45, 2.75) is 25.7 Å². The van der Waals surface area contributed by atoms with Crippen LogP contribution in [0.15, 0.2) is 42.5 Å². The standard InChI is InChI=1S/C22H26N2O4/c1-27-19-9-7-15(13-20(19)28-2)11-12-23-21(25)10-8-17-14-16-5-3-4-6-18(16)24-22(17)26/h3-7,9,13,17H,8,10-12,14H2,1-2H3,(H,23,25)(H,24,26)/t17-/m1/s1. The average molecular weight is 382 g/mol. The van der Waals surface area contributed by atoms with Crippen molar-refractivity contribution in [3.05, 3.63) is 53.6 Å². The van der Waals surface area contributed by atoms with Crippen molar-refractivity contribution in [3.8, 4) is 11.5 Å². The summed E-state index contributed by atoms with van der Waals surface area (Å²) >= 11 is 0. The largest absolute Gasteiger partial charge is 0.493 e. The summed E-state index contributed by atoms with van der Waals surface area (Å²) in [4.78, 5) is 24.4. The van der Waals surface area contributed by atoms with Crippen LogP contribution in [0.2, 0.25) is 0 Å². The van der Waals surface area contributed by atoms with Gasteiger partial charge in [-0.3, -0.25) is 9.59 Å². The molecule has 0 bridgehead atoms. The number of nitrogens with one attached hydrogen (secondary N) is 2. The molecule has 1 atom stereocenters. The number of methoxy groups -OCH3 is 2. The highest BCUT2D eigenvalue weighted by Gasteiger charge is 2.26. The lowest BCUT2D eigenvalue weighted by Crippen LogP contribution is -2.32. The van der Waals surface area contributed by atoms with Gasteiger partial charge >= 0.3 is 0 Å². The van der Waals surface area contributed by atoms with E-state index in [0.717, 1.165) is 16.8 Å². The Balaban J connectivity index is 1.43. The van der Waals surface area contributed by atoms with Crippen LogP contribution in [0.4, 0.5) is 5.69 Å². The number of carbonyl (C=O) groups is 2. The van der Waals surface area contributed by atoms with E-state index in [1.54, 1.807) is 14.2 Å². The van der Waals surface area contributed by atoms with E-state index in [1.165, 1.54) is 0 Å². The molecule has 0 unspecified atom stereocenters. The second-order valence-electron chi connectivity index (χ2n) is 6.88. The summed E-state index contributed by atoms with van der Waals surface area (Å²) in [5.41, 5.74) is 3.06. The number of carbonyl (C=O) groups excluding carboxylic acids is 2. The molecule has 0 saturated carbocycles. The van der Waals surface area contributed by atoms with Crippen molar-refractivity contribution >= 4 is 17.5 Å². The summed E-state index contributed by atoms with van der Waals surface area (Å²) in [6, 6.07) is 13.5. The first kappa shape index (κ1) is 19.7. The van der Waals surface area contributed by atoms with E-state index in [9.17, 15) is 9.59 Å². The van der Waals surface area contributed by atoms with Gasteiger partial charge in [-0.2, -0.15) is 0 Å². The minimum atomic E-state index is -0.161. The molecule has 0 radical (unpaired) electrons. The number of hydrogen-bond donors (Lipinski definition) is 2. The first-order valence-corrected chi connectivity index (χ1v) is 9.47. The molecule has 1 aliphatic heterocycles. The molecule has 6 heteroatoms. The lowest BCUT2D eigenvalue weighted by atomic mass is 9.89. The molecule has 0 spiro atoms. The maximum atomic E-state index is 12.2. The molecule has 6 nitrogen and oxygen atoms in total. The first-order valence-electron chi connectivity index (χ1n) is 9.47. The van der Waals surface area contributed by atoms with Crippen LogP contribution < -0.4 is 20.1 Å². The third-order valence-corrected chi connectivity index (χ3v) is 5.02. The van der Waals surface area contributed by atoms with E-state index in [0.29, 0.717) is 43.7 Å². The zero-order chi connectivity index (χ0) is 19.9. The van der Waals surface area contributed by atoms with E-state index >= 15 is 0 Å². The monoisotopic (exact) mass is 382 g/mol. The van der Waals surface area contributed by atoms with E-state index < -0.39 is 0 Å². The highest BCUT2D eigenvalue weighted by Crippen LogP contribution is 2.28. The summed E-state index contributed by atoms with van der Waals surface area (Å²) in [5.74, 6) is 1.16. The summed E-state index contributed by atoms with van der Waals surface area (Å²) in [6.45, 7) is 0.536. The van der Waals surface area contributed by atoms with Crippen molar-refractivity contribution < 1.29 is 19.1 Å². The summed E-state index contributed by atoms with van der Waals surface area (Å²) in [5, 5.41) is 5.85. The smallest absolute Gasteiger partial charge is 0.227 e. The predicted molar refractivity (Wildman–Crippen MR) is 108 cm³/mol. The molecule has 3 rings (SSSR count). The van der Waals surface area contributed by atoms with Gasteiger partial charge in [0.2, 0.25) is 11.8 Å². The molecule has 2 N–H and O–H groups in total. The van der Waals surface area contributed by atoms with Gasteiger partial charge in [-0.05, 0) is 48.6 Å². The summed E-state index contributed by atoms with van der Waals surface area (Å²) in [6.07, 6.45) is 2.26. The normalized spacial score (nSPS) is 15.4. The van der Waals surface area contributed by atoms with Crippen molar-refractivity contribution in [1.82, 2.24) is 5.32 Å². The fourth-order valence-corrected chi connectivity index (χ4v) is 3.42. The molecule has 0 saturated heterocycles. The van der Waals surface area contributed by atoms with Gasteiger partial charge in [-0.15, -0.1) is 0 Å². The minimum Gasteiger partial charge on any atom is -0.493 e. The molecule has 148 valence electrons. The molecule has 0 aliphatic carbocycles. The predicted octanol–water partition coefficient (Wildman–Crippen LogP) is 2.95. The van der Waals surface area contributed by atoms with Crippen LogP contribution >= 0.6 is 0 Å². The summed E-state index contributed by atoms with van der Waals surface area (Å²) < 4.78 is 10.5. The average Bonchev–Trinajstić information content (AvgIpc) is 2.72. The van der Waals surface area contributed by atoms with Crippen LogP contribution in [-0.2, 0) is 22.4 Å². The van der Waals surface area contributed by atoms with E-state index in [1.807, 2.05) is 42.5 Å². The lowest BCUT2D eigenvalue weighted by Gasteiger charge is -2.24. The number of benzene rings is 2. The fourth-order valence-electron chi connectivity index (χ4n) is 3.42. The quantitative estimate of drug-likeness (QED) is 0.736. The number of para-hydroxylation sites is 1. The Morgan fingerprint density at radius 3 is 2.71 bits per heavy atom. The Hall–Kier alpha value is -3.02. The highest BCUT2D eigenvalue weighted by molar-refractivity contribution is 5.96. The molecule has 1 aliphatic rings. The highest BCUT2D eigenvalue weighted by atomic mass is 16.5. The van der Waals surface area contributed by atoms with Crippen molar-refractivity contribution in [1.29, 1.82) is 0 Å². The number of anilines is 1. The fraction of sp³-hybridized carbons (Fsp3) is 0.364. The Labute approximate surface area is 165 Å². The molecule has 2 amide bonds. The van der Waals surface area contributed by atoms with Gasteiger partial charge in [0, 0.05) is 24.6 Å². The SMILES string of the molecule is COc1ccc(CCNC(=O)CC[C@@H]2Cc3ccccc3NC2=O)cc1OC. The van der Waals surface area contributed by atoms with Gasteiger partial charge < -0.3 is 20.1 Å². The molecule has 1 heterocycles. The van der Waals surface area contributed by atoms with E-state index in [2.05, 4.69) is 10.6 Å². The number of hydrogen-bond acceptors (Lipinski definition) is 4. The van der Waals surface area contributed by atoms with Gasteiger partial charge in [0.1, 0.15) is 0 Å². The zero-order valence-corrected chi connectivity index (χ0v) is 16.3. The first-order chi connectivity index (χ1) is 13.6. The van der Waals surface area contributed by atoms with Gasteiger partial charge in [0.25, 0.3) is 0 Å². The second kappa shape index (κ2) is 9.26. The minimum absolute atomic E-state index is 0.00294. The van der Waals surface area contributed by atoms with Crippen LogP contribution in [0.1, 0.15) is 24.0 Å². The second-order valence-corrected chi connectivity index (χ2v) is 6.88. The van der Waals surface area contributed by atoms with Gasteiger partial charge in [0.05, 0.1) is 14.2 Å². The van der Waals surface area contributed by atoms with Crippen LogP contribution in [0, 0.1) is 5.92 Å². The Morgan fingerprint density at radius 2 is 1.93 bits per heavy atom. The van der Waals surface area contributed by atoms with Crippen LogP contribution in [-0.4, -0.2) is 32.6 Å².